The third-order valence-electron chi connectivity index (χ3n) is 10.8. The highest BCUT2D eigenvalue weighted by molar-refractivity contribution is 5.75. The fourth-order valence-electron chi connectivity index (χ4n) is 8.18. The van der Waals surface area contributed by atoms with E-state index >= 15 is 4.39 Å². The molecule has 0 saturated carbocycles. The molecule has 2 aliphatic rings. The Morgan fingerprint density at radius 3 is 1.96 bits per heavy atom. The van der Waals surface area contributed by atoms with E-state index in [9.17, 15) is 14.7 Å². The van der Waals surface area contributed by atoms with Crippen LogP contribution in [0.15, 0.2) is 48.5 Å². The molecular formula is C44H73FN6O4. The third kappa shape index (κ3) is 15.0. The second kappa shape index (κ2) is 24.4. The summed E-state index contributed by atoms with van der Waals surface area (Å²) in [4.78, 5) is 29.2. The molecule has 55 heavy (non-hydrogen) atoms. The first-order valence-electron chi connectivity index (χ1n) is 20.9. The van der Waals surface area contributed by atoms with E-state index in [1.165, 1.54) is 12.5 Å². The summed E-state index contributed by atoms with van der Waals surface area (Å²) >= 11 is 0. The number of likely N-dealkylation sites (tertiary alicyclic amines) is 2. The highest BCUT2D eigenvalue weighted by Crippen LogP contribution is 2.44. The molecule has 10 nitrogen and oxygen atoms in total. The minimum absolute atomic E-state index is 0.0358. The van der Waals surface area contributed by atoms with E-state index in [1.54, 1.807) is 13.2 Å². The zero-order chi connectivity index (χ0) is 40.2. The molecule has 2 aliphatic heterocycles. The normalized spacial score (nSPS) is 18.3. The standard InChI is InChI=1S/C31H46FN3O3.C13H27N3O/c1-23(2)20-26(21-33-3)34-30(36)35-18-11-14-25(22-35)31(37,17-8-9-19-38-4)27-15-10-16-28(32)29(27)24-12-6-5-7-13-24;1-11(2)9-12(10-14-3)15-13(17)16-7-5-4-6-8-16/h5-7,10,12-13,15-16,23,25-26,33,37H,8-9,11,14,17-22H2,1-4H3,(H,34,36);11-12,14H,4-10H2,1-3H3,(H,15,17)/t25-,26+,31+;12-/m10/s1. The molecule has 2 aromatic carbocycles. The third-order valence-corrected chi connectivity index (χ3v) is 10.8. The number of hydrogen-bond donors (Lipinski definition) is 5. The SMILES string of the molecule is CNC[C@H](CC(C)C)NC(=O)N1CCCCC1.CNC[C@H](CC(C)C)NC(=O)N1CCC[C@@H]([C@@](O)(CCCCOC)c2cccc(F)c2-c2ccccc2)C1. The van der Waals surface area contributed by atoms with Gasteiger partial charge < -0.3 is 40.9 Å². The van der Waals surface area contributed by atoms with Gasteiger partial charge in [0.25, 0.3) is 0 Å². The number of likely N-dealkylation sites (N-methyl/N-ethyl adjacent to an activating group) is 2. The number of nitrogens with zero attached hydrogens (tertiary/aromatic N) is 2. The Labute approximate surface area is 331 Å². The second-order valence-corrected chi connectivity index (χ2v) is 16.4. The van der Waals surface area contributed by atoms with Gasteiger partial charge in [0.1, 0.15) is 5.82 Å². The predicted octanol–water partition coefficient (Wildman–Crippen LogP) is 7.37. The van der Waals surface area contributed by atoms with Crippen LogP contribution in [-0.2, 0) is 10.3 Å². The molecule has 0 bridgehead atoms. The molecule has 4 atom stereocenters. The van der Waals surface area contributed by atoms with Crippen LogP contribution in [0, 0.1) is 23.6 Å². The van der Waals surface area contributed by atoms with Crippen molar-refractivity contribution in [2.45, 2.75) is 110 Å². The van der Waals surface area contributed by atoms with E-state index < -0.39 is 5.60 Å². The van der Waals surface area contributed by atoms with Crippen molar-refractivity contribution < 1.29 is 23.8 Å². The Kier molecular flexibility index (Phi) is 20.5. The topological polar surface area (TPSA) is 118 Å². The quantitative estimate of drug-likeness (QED) is 0.101. The first kappa shape index (κ1) is 46.1. The Morgan fingerprint density at radius 2 is 1.40 bits per heavy atom. The van der Waals surface area contributed by atoms with E-state index in [0.29, 0.717) is 55.6 Å². The Hall–Kier alpha value is -3.25. The molecule has 4 amide bonds. The van der Waals surface area contributed by atoms with E-state index in [1.807, 2.05) is 60.3 Å². The smallest absolute Gasteiger partial charge is 0.317 e. The lowest BCUT2D eigenvalue weighted by Gasteiger charge is -2.44. The maximum atomic E-state index is 15.4. The molecule has 0 radical (unpaired) electrons. The van der Waals surface area contributed by atoms with Gasteiger partial charge >= 0.3 is 12.1 Å². The van der Waals surface area contributed by atoms with Crippen molar-refractivity contribution in [3.63, 3.8) is 0 Å². The van der Waals surface area contributed by atoms with Gasteiger partial charge in [-0.3, -0.25) is 0 Å². The molecule has 0 unspecified atom stereocenters. The van der Waals surface area contributed by atoms with Gasteiger partial charge in [-0.15, -0.1) is 0 Å². The zero-order valence-corrected chi connectivity index (χ0v) is 35.0. The molecule has 11 heteroatoms. The minimum atomic E-state index is -1.29. The summed E-state index contributed by atoms with van der Waals surface area (Å²) < 4.78 is 20.6. The highest BCUT2D eigenvalue weighted by atomic mass is 19.1. The van der Waals surface area contributed by atoms with Gasteiger partial charge in [0.15, 0.2) is 0 Å². The number of ether oxygens (including phenoxy) is 1. The van der Waals surface area contributed by atoms with Crippen molar-refractivity contribution in [2.75, 3.05) is 67.1 Å². The average Bonchev–Trinajstić information content (AvgIpc) is 3.17. The molecule has 310 valence electrons. The summed E-state index contributed by atoms with van der Waals surface area (Å²) in [5, 5.41) is 25.2. The molecule has 2 saturated heterocycles. The number of amides is 4. The van der Waals surface area contributed by atoms with Crippen molar-refractivity contribution in [1.82, 2.24) is 31.1 Å². The Bertz CT molecular complexity index is 1390. The number of halogens is 1. The largest absolute Gasteiger partial charge is 0.385 e. The van der Waals surface area contributed by atoms with Gasteiger partial charge in [-0.2, -0.15) is 0 Å². The molecular weight excluding hydrogens is 696 g/mol. The van der Waals surface area contributed by atoms with Crippen LogP contribution in [0.1, 0.15) is 97.5 Å². The van der Waals surface area contributed by atoms with Crippen LogP contribution >= 0.6 is 0 Å². The van der Waals surface area contributed by atoms with Gasteiger partial charge in [0, 0.05) is 76.6 Å². The molecule has 0 aliphatic carbocycles. The predicted molar refractivity (Wildman–Crippen MR) is 223 cm³/mol. The number of hydrogen-bond acceptors (Lipinski definition) is 6. The monoisotopic (exact) mass is 769 g/mol. The first-order chi connectivity index (χ1) is 26.4. The summed E-state index contributed by atoms with van der Waals surface area (Å²) in [7, 11) is 5.49. The van der Waals surface area contributed by atoms with Crippen LogP contribution in [0.25, 0.3) is 11.1 Å². The summed E-state index contributed by atoms with van der Waals surface area (Å²) in [5.41, 5.74) is 0.489. The summed E-state index contributed by atoms with van der Waals surface area (Å²) in [6.07, 6.45) is 9.02. The molecule has 2 aromatic rings. The summed E-state index contributed by atoms with van der Waals surface area (Å²) in [5.74, 6) is 0.499. The van der Waals surface area contributed by atoms with Crippen LogP contribution in [0.3, 0.4) is 0 Å². The maximum absolute atomic E-state index is 15.4. The first-order valence-corrected chi connectivity index (χ1v) is 20.9. The number of aliphatic hydroxyl groups is 1. The van der Waals surface area contributed by atoms with Gasteiger partial charge in [-0.05, 0) is 107 Å². The van der Waals surface area contributed by atoms with Gasteiger partial charge in [-0.1, -0.05) is 70.2 Å². The van der Waals surface area contributed by atoms with Crippen molar-refractivity contribution in [1.29, 1.82) is 0 Å². The lowest BCUT2D eigenvalue weighted by atomic mass is 9.72. The van der Waals surface area contributed by atoms with Gasteiger partial charge in [0.2, 0.25) is 0 Å². The number of urea groups is 2. The molecule has 2 heterocycles. The number of unbranched alkanes of at least 4 members (excludes halogenated alkanes) is 1. The number of carbonyl (C=O) groups excluding carboxylic acids is 2. The van der Waals surface area contributed by atoms with Crippen LogP contribution in [0.5, 0.6) is 0 Å². The van der Waals surface area contributed by atoms with Gasteiger partial charge in [-0.25, -0.2) is 14.0 Å². The lowest BCUT2D eigenvalue weighted by molar-refractivity contribution is -0.0561. The van der Waals surface area contributed by atoms with E-state index in [-0.39, 0.29) is 35.9 Å². The fraction of sp³-hybridized carbons (Fsp3) is 0.682. The molecule has 5 N–H and O–H groups in total. The molecule has 0 aromatic heterocycles. The number of carbonyl (C=O) groups is 2. The van der Waals surface area contributed by atoms with Crippen LogP contribution in [0.2, 0.25) is 0 Å². The van der Waals surface area contributed by atoms with Crippen LogP contribution in [0.4, 0.5) is 14.0 Å². The van der Waals surface area contributed by atoms with Crippen LogP contribution in [-0.4, -0.2) is 106 Å². The molecule has 4 rings (SSSR count). The van der Waals surface area contributed by atoms with Gasteiger partial charge in [0.05, 0.1) is 5.60 Å². The Balaban J connectivity index is 0.000000399. The highest BCUT2D eigenvalue weighted by Gasteiger charge is 2.43. The number of piperidine rings is 2. The maximum Gasteiger partial charge on any atom is 0.317 e. The fourth-order valence-corrected chi connectivity index (χ4v) is 8.18. The number of nitrogens with one attached hydrogen (secondary N) is 4. The van der Waals surface area contributed by atoms with E-state index in [2.05, 4.69) is 49.0 Å². The van der Waals surface area contributed by atoms with Crippen molar-refractivity contribution >= 4 is 12.1 Å². The second-order valence-electron chi connectivity index (χ2n) is 16.4. The zero-order valence-electron chi connectivity index (χ0n) is 35.0. The van der Waals surface area contributed by atoms with E-state index in [4.69, 9.17) is 4.74 Å². The van der Waals surface area contributed by atoms with Crippen molar-refractivity contribution in [3.8, 4) is 11.1 Å². The lowest BCUT2D eigenvalue weighted by Crippen LogP contribution is -2.54. The average molecular weight is 769 g/mol. The molecule has 2 fully saturated rings. The van der Waals surface area contributed by atoms with Crippen LogP contribution < -0.4 is 21.3 Å². The number of methoxy groups -OCH3 is 1. The number of rotatable bonds is 18. The van der Waals surface area contributed by atoms with E-state index in [0.717, 1.165) is 76.6 Å². The van der Waals surface area contributed by atoms with Crippen molar-refractivity contribution in [2.24, 2.45) is 17.8 Å². The minimum Gasteiger partial charge on any atom is -0.385 e. The molecule has 0 spiro atoms. The van der Waals surface area contributed by atoms with Crippen molar-refractivity contribution in [3.05, 3.63) is 59.9 Å². The number of benzene rings is 2. The summed E-state index contributed by atoms with van der Waals surface area (Å²) in [6, 6.07) is 14.7. The Morgan fingerprint density at radius 1 is 0.818 bits per heavy atom. The summed E-state index contributed by atoms with van der Waals surface area (Å²) in [6.45, 7) is 13.7.